The third-order valence-corrected chi connectivity index (χ3v) is 9.56. The Morgan fingerprint density at radius 2 is 1.86 bits per heavy atom. The van der Waals surface area contributed by atoms with Gasteiger partial charge in [0.15, 0.2) is 0 Å². The molecule has 5 aromatic rings. The Morgan fingerprint density at radius 3 is 2.57 bits per heavy atom. The summed E-state index contributed by atoms with van der Waals surface area (Å²) in [6.07, 6.45) is 13.0. The van der Waals surface area contributed by atoms with Gasteiger partial charge in [-0.15, -0.1) is 0 Å². The first kappa shape index (κ1) is 26.7. The standard InChI is InChI=1S/C35H37N5O2/c1-39-30-21-24(11-14-26(30)32(25-8-3-4-9-25)33(39)27-10-5-6-19-36-27)22-37-35(17-7-18-35)34-38-28-20-23(13-16-31(41)42)12-15-29(28)40(34)2/h5-6,10-16,19-21,25,37H,3-4,7-9,17-18,22H2,1-2H3,(H,41,42)/b16-13+. The molecule has 2 N–H and O–H groups in total. The van der Waals surface area contributed by atoms with Crippen molar-refractivity contribution in [2.45, 2.75) is 62.9 Å². The number of benzene rings is 2. The summed E-state index contributed by atoms with van der Waals surface area (Å²) in [7, 11) is 4.27. The number of carboxylic acid groups (broad SMARTS) is 1. The van der Waals surface area contributed by atoms with Gasteiger partial charge >= 0.3 is 5.97 Å². The number of hydrogen-bond acceptors (Lipinski definition) is 4. The highest BCUT2D eigenvalue weighted by Gasteiger charge is 2.42. The van der Waals surface area contributed by atoms with E-state index < -0.39 is 5.97 Å². The van der Waals surface area contributed by atoms with E-state index in [4.69, 9.17) is 15.1 Å². The zero-order chi connectivity index (χ0) is 28.8. The second-order valence-electron chi connectivity index (χ2n) is 12.1. The van der Waals surface area contributed by atoms with E-state index in [9.17, 15) is 4.79 Å². The van der Waals surface area contributed by atoms with Crippen LogP contribution in [0.15, 0.2) is 66.9 Å². The summed E-state index contributed by atoms with van der Waals surface area (Å²) in [6.45, 7) is 0.759. The summed E-state index contributed by atoms with van der Waals surface area (Å²) in [4.78, 5) is 20.8. The van der Waals surface area contributed by atoms with Gasteiger partial charge in [-0.1, -0.05) is 37.1 Å². The molecule has 7 rings (SSSR count). The number of aryl methyl sites for hydroxylation is 2. The summed E-state index contributed by atoms with van der Waals surface area (Å²) in [5, 5.41) is 14.3. The fourth-order valence-electron chi connectivity index (χ4n) is 7.26. The van der Waals surface area contributed by atoms with Crippen molar-refractivity contribution in [2.24, 2.45) is 14.1 Å². The van der Waals surface area contributed by atoms with Crippen LogP contribution < -0.4 is 5.32 Å². The van der Waals surface area contributed by atoms with E-state index in [0.717, 1.165) is 53.9 Å². The zero-order valence-corrected chi connectivity index (χ0v) is 24.3. The molecule has 0 radical (unpaired) electrons. The topological polar surface area (TPSA) is 85.0 Å². The van der Waals surface area contributed by atoms with Crippen LogP contribution in [0, 0.1) is 0 Å². The molecule has 0 aliphatic heterocycles. The lowest BCUT2D eigenvalue weighted by Crippen LogP contribution is -2.49. The number of nitrogens with zero attached hydrogens (tertiary/aromatic N) is 4. The molecule has 2 saturated carbocycles. The van der Waals surface area contributed by atoms with Crippen LogP contribution in [0.4, 0.5) is 0 Å². The van der Waals surface area contributed by atoms with E-state index in [1.807, 2.05) is 30.5 Å². The molecule has 0 amide bonds. The first-order valence-electron chi connectivity index (χ1n) is 15.1. The number of nitrogens with one attached hydrogen (secondary N) is 1. The zero-order valence-electron chi connectivity index (χ0n) is 24.3. The van der Waals surface area contributed by atoms with Gasteiger partial charge in [0.05, 0.1) is 28.0 Å². The highest BCUT2D eigenvalue weighted by Crippen LogP contribution is 2.45. The van der Waals surface area contributed by atoms with Gasteiger partial charge in [0.1, 0.15) is 5.82 Å². The van der Waals surface area contributed by atoms with Crippen LogP contribution in [0.5, 0.6) is 0 Å². The minimum atomic E-state index is -0.953. The molecule has 7 nitrogen and oxygen atoms in total. The summed E-state index contributed by atoms with van der Waals surface area (Å²) in [6, 6.07) is 19.1. The number of rotatable bonds is 8. The van der Waals surface area contributed by atoms with Crippen LogP contribution in [-0.2, 0) is 31.0 Å². The normalized spacial score (nSPS) is 17.0. The molecule has 2 fully saturated rings. The molecule has 0 bridgehead atoms. The van der Waals surface area contributed by atoms with E-state index in [1.54, 1.807) is 6.08 Å². The molecule has 7 heteroatoms. The van der Waals surface area contributed by atoms with Crippen LogP contribution in [0.2, 0.25) is 0 Å². The van der Waals surface area contributed by atoms with Crippen molar-refractivity contribution < 1.29 is 9.90 Å². The van der Waals surface area contributed by atoms with Gasteiger partial charge < -0.3 is 19.6 Å². The second kappa shape index (κ2) is 10.6. The Bertz CT molecular complexity index is 1820. The van der Waals surface area contributed by atoms with E-state index >= 15 is 0 Å². The lowest BCUT2D eigenvalue weighted by atomic mass is 9.75. The maximum atomic E-state index is 11.0. The highest BCUT2D eigenvalue weighted by atomic mass is 16.4. The van der Waals surface area contributed by atoms with Crippen LogP contribution in [0.25, 0.3) is 39.4 Å². The molecule has 0 unspecified atom stereocenters. The second-order valence-corrected chi connectivity index (χ2v) is 12.1. The minimum Gasteiger partial charge on any atom is -0.478 e. The Hall–Kier alpha value is -4.23. The molecule has 2 aliphatic rings. The van der Waals surface area contributed by atoms with Gasteiger partial charge in [-0.3, -0.25) is 4.98 Å². The first-order valence-corrected chi connectivity index (χ1v) is 15.1. The number of pyridine rings is 1. The van der Waals surface area contributed by atoms with Gasteiger partial charge in [-0.2, -0.15) is 0 Å². The maximum Gasteiger partial charge on any atom is 0.328 e. The summed E-state index contributed by atoms with van der Waals surface area (Å²) in [5.74, 6) is 0.681. The molecule has 214 valence electrons. The summed E-state index contributed by atoms with van der Waals surface area (Å²) in [5.41, 5.74) is 8.91. The molecule has 0 spiro atoms. The van der Waals surface area contributed by atoms with Gasteiger partial charge in [-0.25, -0.2) is 9.78 Å². The van der Waals surface area contributed by atoms with Crippen molar-refractivity contribution in [3.8, 4) is 11.4 Å². The van der Waals surface area contributed by atoms with Crippen molar-refractivity contribution in [3.05, 3.63) is 89.4 Å². The van der Waals surface area contributed by atoms with Crippen LogP contribution in [0.3, 0.4) is 0 Å². The molecule has 2 aliphatic carbocycles. The van der Waals surface area contributed by atoms with Gasteiger partial charge in [0.25, 0.3) is 0 Å². The molecule has 3 heterocycles. The molecular formula is C35H37N5O2. The van der Waals surface area contributed by atoms with Crippen molar-refractivity contribution in [1.29, 1.82) is 0 Å². The first-order chi connectivity index (χ1) is 20.4. The SMILES string of the molecule is Cn1c(C2(NCc3ccc4c(C5CCCC5)c(-c5ccccn5)n(C)c4c3)CCC2)nc2cc(/C=C/C(=O)O)ccc21. The third kappa shape index (κ3) is 4.52. The average molecular weight is 560 g/mol. The summed E-state index contributed by atoms with van der Waals surface area (Å²) < 4.78 is 4.55. The van der Waals surface area contributed by atoms with Crippen molar-refractivity contribution in [1.82, 2.24) is 24.4 Å². The lowest BCUT2D eigenvalue weighted by molar-refractivity contribution is -0.131. The highest BCUT2D eigenvalue weighted by molar-refractivity contribution is 5.92. The third-order valence-electron chi connectivity index (χ3n) is 9.56. The van der Waals surface area contributed by atoms with Crippen LogP contribution in [-0.4, -0.2) is 30.2 Å². The monoisotopic (exact) mass is 559 g/mol. The van der Waals surface area contributed by atoms with Crippen molar-refractivity contribution in [3.63, 3.8) is 0 Å². The van der Waals surface area contributed by atoms with Gasteiger partial charge in [-0.05, 0) is 91.1 Å². The minimum absolute atomic E-state index is 0.178. The quantitative estimate of drug-likeness (QED) is 0.199. The number of carbonyl (C=O) groups is 1. The van der Waals surface area contributed by atoms with E-state index in [-0.39, 0.29) is 5.54 Å². The number of aliphatic carboxylic acids is 1. The Labute approximate surface area is 245 Å². The van der Waals surface area contributed by atoms with E-state index in [0.29, 0.717) is 5.92 Å². The number of imidazole rings is 1. The number of hydrogen-bond donors (Lipinski definition) is 2. The largest absolute Gasteiger partial charge is 0.478 e. The number of aromatic nitrogens is 4. The Morgan fingerprint density at radius 1 is 1.02 bits per heavy atom. The molecule has 2 aromatic carbocycles. The summed E-state index contributed by atoms with van der Waals surface area (Å²) >= 11 is 0. The number of carboxylic acids is 1. The maximum absolute atomic E-state index is 11.0. The molecule has 42 heavy (non-hydrogen) atoms. The molecule has 0 atom stereocenters. The van der Waals surface area contributed by atoms with Gasteiger partial charge in [0, 0.05) is 43.8 Å². The smallest absolute Gasteiger partial charge is 0.328 e. The predicted octanol–water partition coefficient (Wildman–Crippen LogP) is 7.05. The van der Waals surface area contributed by atoms with Gasteiger partial charge in [0.2, 0.25) is 0 Å². The number of fused-ring (bicyclic) bond motifs is 2. The van der Waals surface area contributed by atoms with Crippen molar-refractivity contribution >= 4 is 34.0 Å². The molecule has 3 aromatic heterocycles. The van der Waals surface area contributed by atoms with Crippen LogP contribution >= 0.6 is 0 Å². The molecular weight excluding hydrogens is 522 g/mol. The van der Waals surface area contributed by atoms with E-state index in [2.05, 4.69) is 58.9 Å². The fourth-order valence-corrected chi connectivity index (χ4v) is 7.26. The fraction of sp³-hybridized carbons (Fsp3) is 0.343. The van der Waals surface area contributed by atoms with Crippen LogP contribution in [0.1, 0.15) is 73.4 Å². The van der Waals surface area contributed by atoms with Crippen molar-refractivity contribution in [2.75, 3.05) is 0 Å². The van der Waals surface area contributed by atoms with E-state index in [1.165, 1.54) is 59.5 Å². The predicted molar refractivity (Wildman–Crippen MR) is 167 cm³/mol. The molecule has 0 saturated heterocycles. The lowest BCUT2D eigenvalue weighted by Gasteiger charge is -2.42. The Balaban J connectivity index is 1.21. The average Bonchev–Trinajstić information content (AvgIpc) is 3.69. The Kier molecular flexibility index (Phi) is 6.70.